The summed E-state index contributed by atoms with van der Waals surface area (Å²) in [5, 5.41) is 10.7. The van der Waals surface area contributed by atoms with Crippen LogP contribution in [0.5, 0.6) is 0 Å². The summed E-state index contributed by atoms with van der Waals surface area (Å²) in [6.45, 7) is 3.63. The summed E-state index contributed by atoms with van der Waals surface area (Å²) in [5.74, 6) is -0.000535. The third kappa shape index (κ3) is 2.80. The first-order valence-corrected chi connectivity index (χ1v) is 8.20. The van der Waals surface area contributed by atoms with Crippen LogP contribution in [0.1, 0.15) is 18.4 Å². The van der Waals surface area contributed by atoms with Crippen molar-refractivity contribution in [1.29, 1.82) is 0 Å². The van der Waals surface area contributed by atoms with Crippen molar-refractivity contribution in [3.05, 3.63) is 46.7 Å². The number of carbonyl (C=O) groups excluding carboxylic acids is 1. The molecule has 0 saturated carbocycles. The smallest absolute Gasteiger partial charge is 0.252 e. The second-order valence-corrected chi connectivity index (χ2v) is 6.50. The average Bonchev–Trinajstić information content (AvgIpc) is 3.06. The largest absolute Gasteiger partial charge is 0.324 e. The van der Waals surface area contributed by atoms with Gasteiger partial charge in [0.25, 0.3) is 5.91 Å². The molecule has 116 valence electrons. The van der Waals surface area contributed by atoms with Gasteiger partial charge in [-0.25, -0.2) is 0 Å². The SMILES string of the molecule is Cc1cc(NC(=O)C2(n3cccn3)CCNCC2)ccc1Br. The number of hydrogen-bond acceptors (Lipinski definition) is 3. The molecule has 1 aliphatic rings. The molecule has 1 aromatic heterocycles. The Morgan fingerprint density at radius 1 is 1.41 bits per heavy atom. The number of halogens is 1. The summed E-state index contributed by atoms with van der Waals surface area (Å²) in [6.07, 6.45) is 5.06. The second-order valence-electron chi connectivity index (χ2n) is 5.65. The molecule has 0 aliphatic carbocycles. The van der Waals surface area contributed by atoms with Crippen LogP contribution in [0.3, 0.4) is 0 Å². The lowest BCUT2D eigenvalue weighted by Crippen LogP contribution is -2.52. The highest BCUT2D eigenvalue weighted by Crippen LogP contribution is 2.29. The summed E-state index contributed by atoms with van der Waals surface area (Å²) in [4.78, 5) is 13.0. The van der Waals surface area contributed by atoms with Crippen molar-refractivity contribution in [1.82, 2.24) is 15.1 Å². The fraction of sp³-hybridized carbons (Fsp3) is 0.375. The first kappa shape index (κ1) is 15.2. The summed E-state index contributed by atoms with van der Waals surface area (Å²) < 4.78 is 2.84. The molecule has 2 heterocycles. The predicted octanol–water partition coefficient (Wildman–Crippen LogP) is 2.67. The minimum absolute atomic E-state index is 0.000535. The summed E-state index contributed by atoms with van der Waals surface area (Å²) in [5.41, 5.74) is 1.29. The maximum Gasteiger partial charge on any atom is 0.252 e. The van der Waals surface area contributed by atoms with E-state index >= 15 is 0 Å². The molecule has 2 aromatic rings. The Balaban J connectivity index is 1.88. The molecule has 1 fully saturated rings. The van der Waals surface area contributed by atoms with Gasteiger partial charge < -0.3 is 10.6 Å². The van der Waals surface area contributed by atoms with Crippen molar-refractivity contribution in [3.8, 4) is 0 Å². The standard InChI is InChI=1S/C16H19BrN4O/c1-12-11-13(3-4-14(12)17)20-15(22)16(5-8-18-9-6-16)21-10-2-7-19-21/h2-4,7,10-11,18H,5-6,8-9H2,1H3,(H,20,22). The van der Waals surface area contributed by atoms with E-state index in [0.717, 1.165) is 41.7 Å². The molecule has 1 saturated heterocycles. The van der Waals surface area contributed by atoms with Gasteiger partial charge in [0.05, 0.1) is 0 Å². The Bertz CT molecular complexity index is 663. The van der Waals surface area contributed by atoms with Gasteiger partial charge in [-0.2, -0.15) is 5.10 Å². The zero-order valence-corrected chi connectivity index (χ0v) is 14.1. The van der Waals surface area contributed by atoms with Crippen LogP contribution in [0.2, 0.25) is 0 Å². The number of hydrogen-bond donors (Lipinski definition) is 2. The monoisotopic (exact) mass is 362 g/mol. The van der Waals surface area contributed by atoms with Crippen LogP contribution in [0.25, 0.3) is 0 Å². The first-order chi connectivity index (χ1) is 10.6. The van der Waals surface area contributed by atoms with Gasteiger partial charge in [0.1, 0.15) is 5.54 Å². The van der Waals surface area contributed by atoms with E-state index in [1.54, 1.807) is 10.9 Å². The number of carbonyl (C=O) groups is 1. The predicted molar refractivity (Wildman–Crippen MR) is 89.8 cm³/mol. The lowest BCUT2D eigenvalue weighted by Gasteiger charge is -2.36. The van der Waals surface area contributed by atoms with E-state index in [1.165, 1.54) is 0 Å². The van der Waals surface area contributed by atoms with Gasteiger partial charge in [0.15, 0.2) is 0 Å². The molecule has 1 aromatic carbocycles. The molecule has 5 nitrogen and oxygen atoms in total. The van der Waals surface area contributed by atoms with Crippen LogP contribution in [-0.2, 0) is 10.3 Å². The van der Waals surface area contributed by atoms with E-state index in [0.29, 0.717) is 0 Å². The molecule has 3 rings (SSSR count). The van der Waals surface area contributed by atoms with E-state index < -0.39 is 5.54 Å². The molecule has 1 amide bonds. The number of aryl methyl sites for hydroxylation is 1. The molecule has 0 spiro atoms. The van der Waals surface area contributed by atoms with Crippen LogP contribution in [0.4, 0.5) is 5.69 Å². The van der Waals surface area contributed by atoms with Gasteiger partial charge in [0, 0.05) is 22.6 Å². The third-order valence-electron chi connectivity index (χ3n) is 4.21. The molecule has 1 aliphatic heterocycles. The van der Waals surface area contributed by atoms with Gasteiger partial charge in [-0.1, -0.05) is 15.9 Å². The van der Waals surface area contributed by atoms with E-state index in [4.69, 9.17) is 0 Å². The Morgan fingerprint density at radius 2 is 2.18 bits per heavy atom. The lowest BCUT2D eigenvalue weighted by atomic mass is 9.87. The third-order valence-corrected chi connectivity index (χ3v) is 5.10. The number of amides is 1. The summed E-state index contributed by atoms with van der Waals surface area (Å²) in [7, 11) is 0. The van der Waals surface area contributed by atoms with Crippen molar-refractivity contribution in [3.63, 3.8) is 0 Å². The Labute approximate surface area is 138 Å². The fourth-order valence-corrected chi connectivity index (χ4v) is 3.14. The van der Waals surface area contributed by atoms with E-state index in [2.05, 4.69) is 31.7 Å². The highest BCUT2D eigenvalue weighted by atomic mass is 79.9. The van der Waals surface area contributed by atoms with Crippen LogP contribution >= 0.6 is 15.9 Å². The maximum atomic E-state index is 13.0. The Morgan fingerprint density at radius 3 is 2.82 bits per heavy atom. The number of rotatable bonds is 3. The van der Waals surface area contributed by atoms with Crippen LogP contribution in [0.15, 0.2) is 41.1 Å². The van der Waals surface area contributed by atoms with Gasteiger partial charge >= 0.3 is 0 Å². The van der Waals surface area contributed by atoms with Crippen molar-refractivity contribution in [2.45, 2.75) is 25.3 Å². The Hall–Kier alpha value is -1.66. The molecular weight excluding hydrogens is 344 g/mol. The highest BCUT2D eigenvalue weighted by molar-refractivity contribution is 9.10. The number of piperidine rings is 1. The Kier molecular flexibility index (Phi) is 4.31. The van der Waals surface area contributed by atoms with Gasteiger partial charge in [-0.3, -0.25) is 9.48 Å². The molecule has 0 radical (unpaired) electrons. The number of nitrogens with one attached hydrogen (secondary N) is 2. The zero-order chi connectivity index (χ0) is 15.6. The molecule has 0 atom stereocenters. The minimum atomic E-state index is -0.615. The van der Waals surface area contributed by atoms with E-state index in [-0.39, 0.29) is 5.91 Å². The molecule has 6 heteroatoms. The molecule has 0 unspecified atom stereocenters. The van der Waals surface area contributed by atoms with E-state index in [1.807, 2.05) is 37.4 Å². The summed E-state index contributed by atoms with van der Waals surface area (Å²) >= 11 is 3.48. The number of aromatic nitrogens is 2. The normalized spacial score (nSPS) is 17.2. The van der Waals surface area contributed by atoms with Crippen LogP contribution in [-0.4, -0.2) is 28.8 Å². The van der Waals surface area contributed by atoms with Crippen molar-refractivity contribution in [2.75, 3.05) is 18.4 Å². The fourth-order valence-electron chi connectivity index (χ4n) is 2.89. The number of benzene rings is 1. The number of anilines is 1. The van der Waals surface area contributed by atoms with Crippen molar-refractivity contribution < 1.29 is 4.79 Å². The highest BCUT2D eigenvalue weighted by Gasteiger charge is 2.42. The zero-order valence-electron chi connectivity index (χ0n) is 12.5. The lowest BCUT2D eigenvalue weighted by molar-refractivity contribution is -0.126. The second kappa shape index (κ2) is 6.22. The average molecular weight is 363 g/mol. The van der Waals surface area contributed by atoms with Crippen LogP contribution < -0.4 is 10.6 Å². The van der Waals surface area contributed by atoms with Gasteiger partial charge in [-0.15, -0.1) is 0 Å². The molecule has 2 N–H and O–H groups in total. The van der Waals surface area contributed by atoms with Crippen molar-refractivity contribution in [2.24, 2.45) is 0 Å². The topological polar surface area (TPSA) is 59.0 Å². The van der Waals surface area contributed by atoms with Gasteiger partial charge in [0.2, 0.25) is 0 Å². The van der Waals surface area contributed by atoms with Crippen molar-refractivity contribution >= 4 is 27.5 Å². The first-order valence-electron chi connectivity index (χ1n) is 7.40. The van der Waals surface area contributed by atoms with Gasteiger partial charge in [-0.05, 0) is 62.7 Å². The molecule has 0 bridgehead atoms. The van der Waals surface area contributed by atoms with Crippen LogP contribution in [0, 0.1) is 6.92 Å². The minimum Gasteiger partial charge on any atom is -0.324 e. The quantitative estimate of drug-likeness (QED) is 0.882. The summed E-state index contributed by atoms with van der Waals surface area (Å²) in [6, 6.07) is 7.70. The molecule has 22 heavy (non-hydrogen) atoms. The maximum absolute atomic E-state index is 13.0. The van der Waals surface area contributed by atoms with E-state index in [9.17, 15) is 4.79 Å². The number of nitrogens with zero attached hydrogens (tertiary/aromatic N) is 2. The molecular formula is C16H19BrN4O.